The van der Waals surface area contributed by atoms with Crippen LogP contribution in [-0.4, -0.2) is 10.8 Å². The monoisotopic (exact) mass is 277 g/mol. The van der Waals surface area contributed by atoms with Crippen molar-refractivity contribution < 1.29 is 9.53 Å². The van der Waals surface area contributed by atoms with Crippen LogP contribution < -0.4 is 4.74 Å². The maximum Gasteiger partial charge on any atom is 0.181 e. The molecule has 3 heteroatoms. The first-order chi connectivity index (χ1) is 10.2. The molecular weight excluding hydrogens is 262 g/mol. The van der Waals surface area contributed by atoms with Crippen LogP contribution >= 0.6 is 0 Å². The highest BCUT2D eigenvalue weighted by Crippen LogP contribution is 2.24. The van der Waals surface area contributed by atoms with Gasteiger partial charge in [0.05, 0.1) is 5.52 Å². The SMILES string of the molecule is CC(=O)c1nc2ccccc2cc1OCc1ccccc1. The van der Waals surface area contributed by atoms with E-state index in [0.717, 1.165) is 16.5 Å². The van der Waals surface area contributed by atoms with Crippen LogP contribution in [0, 0.1) is 0 Å². The summed E-state index contributed by atoms with van der Waals surface area (Å²) in [5, 5.41) is 0.963. The second kappa shape index (κ2) is 5.75. The molecule has 0 spiro atoms. The summed E-state index contributed by atoms with van der Waals surface area (Å²) in [4.78, 5) is 16.2. The third kappa shape index (κ3) is 2.92. The van der Waals surface area contributed by atoms with E-state index in [2.05, 4.69) is 4.98 Å². The third-order valence-corrected chi connectivity index (χ3v) is 3.26. The number of ether oxygens (including phenoxy) is 1. The number of carbonyl (C=O) groups excluding carboxylic acids is 1. The van der Waals surface area contributed by atoms with Crippen molar-refractivity contribution in [2.75, 3.05) is 0 Å². The molecule has 3 aromatic rings. The summed E-state index contributed by atoms with van der Waals surface area (Å²) >= 11 is 0. The van der Waals surface area contributed by atoms with Crippen molar-refractivity contribution >= 4 is 16.7 Å². The lowest BCUT2D eigenvalue weighted by molar-refractivity contribution is 0.100. The van der Waals surface area contributed by atoms with Gasteiger partial charge in [-0.2, -0.15) is 0 Å². The van der Waals surface area contributed by atoms with Crippen LogP contribution in [0.5, 0.6) is 5.75 Å². The van der Waals surface area contributed by atoms with Crippen molar-refractivity contribution in [2.24, 2.45) is 0 Å². The number of nitrogens with zero attached hydrogens (tertiary/aromatic N) is 1. The van der Waals surface area contributed by atoms with E-state index < -0.39 is 0 Å². The van der Waals surface area contributed by atoms with Gasteiger partial charge in [-0.25, -0.2) is 4.98 Å². The van der Waals surface area contributed by atoms with Gasteiger partial charge in [0.25, 0.3) is 0 Å². The number of ketones is 1. The first kappa shape index (κ1) is 13.3. The Kier molecular flexibility index (Phi) is 3.65. The van der Waals surface area contributed by atoms with Crippen LogP contribution in [-0.2, 0) is 6.61 Å². The number of aromatic nitrogens is 1. The molecule has 1 aromatic heterocycles. The van der Waals surface area contributed by atoms with Crippen molar-refractivity contribution in [1.29, 1.82) is 0 Å². The summed E-state index contributed by atoms with van der Waals surface area (Å²) in [6.45, 7) is 1.92. The fourth-order valence-electron chi connectivity index (χ4n) is 2.19. The molecule has 2 aromatic carbocycles. The molecule has 3 nitrogen and oxygen atoms in total. The highest BCUT2D eigenvalue weighted by Gasteiger charge is 2.12. The van der Waals surface area contributed by atoms with E-state index in [1.54, 1.807) is 0 Å². The van der Waals surface area contributed by atoms with E-state index in [9.17, 15) is 4.79 Å². The number of para-hydroxylation sites is 1. The maximum absolute atomic E-state index is 11.8. The van der Waals surface area contributed by atoms with Crippen LogP contribution in [0.15, 0.2) is 60.7 Å². The van der Waals surface area contributed by atoms with E-state index in [1.165, 1.54) is 6.92 Å². The van der Waals surface area contributed by atoms with E-state index in [0.29, 0.717) is 18.1 Å². The minimum Gasteiger partial charge on any atom is -0.486 e. The van der Waals surface area contributed by atoms with Crippen molar-refractivity contribution in [3.63, 3.8) is 0 Å². The van der Waals surface area contributed by atoms with Crippen LogP contribution in [0.3, 0.4) is 0 Å². The largest absolute Gasteiger partial charge is 0.486 e. The molecule has 0 amide bonds. The Morgan fingerprint density at radius 2 is 1.76 bits per heavy atom. The molecule has 0 atom stereocenters. The summed E-state index contributed by atoms with van der Waals surface area (Å²) in [6, 6.07) is 19.4. The molecule has 0 radical (unpaired) electrons. The summed E-state index contributed by atoms with van der Waals surface area (Å²) in [6.07, 6.45) is 0. The fraction of sp³-hybridized carbons (Fsp3) is 0.111. The average molecular weight is 277 g/mol. The Morgan fingerprint density at radius 3 is 2.52 bits per heavy atom. The standard InChI is InChI=1S/C18H15NO2/c1-13(20)18-17(21-12-14-7-3-2-4-8-14)11-15-9-5-6-10-16(15)19-18/h2-11H,12H2,1H3. The Labute approximate surface area is 123 Å². The molecule has 0 aliphatic heterocycles. The molecule has 0 bridgehead atoms. The van der Waals surface area contributed by atoms with E-state index >= 15 is 0 Å². The molecule has 21 heavy (non-hydrogen) atoms. The second-order valence-electron chi connectivity index (χ2n) is 4.86. The highest BCUT2D eigenvalue weighted by atomic mass is 16.5. The molecule has 0 aliphatic rings. The van der Waals surface area contributed by atoms with Gasteiger partial charge >= 0.3 is 0 Å². The molecule has 0 unspecified atom stereocenters. The number of hydrogen-bond donors (Lipinski definition) is 0. The molecular formula is C18H15NO2. The number of carbonyl (C=O) groups is 1. The topological polar surface area (TPSA) is 39.2 Å². The first-order valence-electron chi connectivity index (χ1n) is 6.81. The highest BCUT2D eigenvalue weighted by molar-refractivity contribution is 5.97. The molecule has 0 aliphatic carbocycles. The lowest BCUT2D eigenvalue weighted by atomic mass is 10.1. The molecule has 0 N–H and O–H groups in total. The number of Topliss-reactive ketones (excluding diaryl/α,β-unsaturated/α-hetero) is 1. The molecule has 0 fully saturated rings. The summed E-state index contributed by atoms with van der Waals surface area (Å²) < 4.78 is 5.81. The van der Waals surface area contributed by atoms with Crippen molar-refractivity contribution in [1.82, 2.24) is 4.98 Å². The Balaban J connectivity index is 1.96. The zero-order valence-electron chi connectivity index (χ0n) is 11.7. The lowest BCUT2D eigenvalue weighted by Crippen LogP contribution is -2.04. The zero-order valence-corrected chi connectivity index (χ0v) is 11.7. The van der Waals surface area contributed by atoms with Crippen molar-refractivity contribution in [2.45, 2.75) is 13.5 Å². The Morgan fingerprint density at radius 1 is 1.05 bits per heavy atom. The summed E-state index contributed by atoms with van der Waals surface area (Å²) in [7, 11) is 0. The quantitative estimate of drug-likeness (QED) is 0.676. The zero-order chi connectivity index (χ0) is 14.7. The third-order valence-electron chi connectivity index (χ3n) is 3.26. The number of hydrogen-bond acceptors (Lipinski definition) is 3. The number of pyridine rings is 1. The first-order valence-corrected chi connectivity index (χ1v) is 6.81. The van der Waals surface area contributed by atoms with Crippen LogP contribution in [0.2, 0.25) is 0 Å². The number of rotatable bonds is 4. The van der Waals surface area contributed by atoms with Gasteiger partial charge in [-0.05, 0) is 17.7 Å². The molecule has 3 rings (SSSR count). The van der Waals surface area contributed by atoms with Crippen LogP contribution in [0.25, 0.3) is 10.9 Å². The van der Waals surface area contributed by atoms with Crippen LogP contribution in [0.1, 0.15) is 23.0 Å². The van der Waals surface area contributed by atoms with Crippen LogP contribution in [0.4, 0.5) is 0 Å². The summed E-state index contributed by atoms with van der Waals surface area (Å²) in [5.41, 5.74) is 2.24. The van der Waals surface area contributed by atoms with Crippen molar-refractivity contribution in [3.05, 3.63) is 71.9 Å². The van der Waals surface area contributed by atoms with Gasteiger partial charge in [0.15, 0.2) is 5.78 Å². The van der Waals surface area contributed by atoms with Gasteiger partial charge in [-0.15, -0.1) is 0 Å². The Hall–Kier alpha value is -2.68. The maximum atomic E-state index is 11.8. The normalized spacial score (nSPS) is 10.5. The molecule has 0 saturated heterocycles. The number of fused-ring (bicyclic) bond motifs is 1. The Bertz CT molecular complexity index is 782. The van der Waals surface area contributed by atoms with E-state index in [4.69, 9.17) is 4.74 Å². The second-order valence-corrected chi connectivity index (χ2v) is 4.86. The number of benzene rings is 2. The van der Waals surface area contributed by atoms with Gasteiger partial charge in [-0.1, -0.05) is 48.5 Å². The van der Waals surface area contributed by atoms with Gasteiger partial charge in [0.1, 0.15) is 18.1 Å². The fourth-order valence-corrected chi connectivity index (χ4v) is 2.19. The van der Waals surface area contributed by atoms with E-state index in [-0.39, 0.29) is 5.78 Å². The van der Waals surface area contributed by atoms with E-state index in [1.807, 2.05) is 60.7 Å². The van der Waals surface area contributed by atoms with Gasteiger partial charge in [0, 0.05) is 12.3 Å². The molecule has 0 saturated carbocycles. The average Bonchev–Trinajstić information content (AvgIpc) is 2.53. The van der Waals surface area contributed by atoms with Gasteiger partial charge in [-0.3, -0.25) is 4.79 Å². The van der Waals surface area contributed by atoms with Gasteiger partial charge in [0.2, 0.25) is 0 Å². The minimum atomic E-state index is -0.0937. The van der Waals surface area contributed by atoms with Gasteiger partial charge < -0.3 is 4.74 Å². The predicted molar refractivity (Wildman–Crippen MR) is 82.5 cm³/mol. The van der Waals surface area contributed by atoms with Crippen molar-refractivity contribution in [3.8, 4) is 5.75 Å². The predicted octanol–water partition coefficient (Wildman–Crippen LogP) is 4.02. The molecule has 1 heterocycles. The smallest absolute Gasteiger partial charge is 0.181 e. The molecule has 104 valence electrons. The lowest BCUT2D eigenvalue weighted by Gasteiger charge is -2.10. The minimum absolute atomic E-state index is 0.0937. The summed E-state index contributed by atoms with van der Waals surface area (Å²) in [5.74, 6) is 0.439.